The van der Waals surface area contributed by atoms with E-state index >= 15 is 0 Å². The Morgan fingerprint density at radius 3 is 2.96 bits per heavy atom. The van der Waals surface area contributed by atoms with Crippen LogP contribution in [0.15, 0.2) is 12.4 Å². The second-order valence-electron chi connectivity index (χ2n) is 6.20. The number of carbonyl (C=O) groups is 1. The summed E-state index contributed by atoms with van der Waals surface area (Å²) in [7, 11) is 1.81. The molecular weight excluding hydrogens is 314 g/mol. The Morgan fingerprint density at radius 1 is 1.43 bits per heavy atom. The van der Waals surface area contributed by atoms with Gasteiger partial charge in [0, 0.05) is 18.9 Å². The second kappa shape index (κ2) is 6.74. The number of rotatable bonds is 4. The first-order valence-corrected chi connectivity index (χ1v) is 8.43. The highest BCUT2D eigenvalue weighted by Crippen LogP contribution is 2.23. The molecule has 0 spiro atoms. The van der Waals surface area contributed by atoms with Crippen molar-refractivity contribution in [3.8, 4) is 0 Å². The Bertz CT molecular complexity index is 692. The standard InChI is InChI=1S/C16H22ClN5O/c1-11(22-9-12(17)8-18-22)16(23)21(2)10-15-13-6-4-3-5-7-14(13)19-20-15/h8-9,11H,3-7,10H2,1-2H3,(H,19,20)/t11-/m0/s1. The Balaban J connectivity index is 1.70. The number of nitrogens with zero attached hydrogens (tertiary/aromatic N) is 4. The van der Waals surface area contributed by atoms with Crippen LogP contribution in [0.4, 0.5) is 0 Å². The fraction of sp³-hybridized carbons (Fsp3) is 0.562. The van der Waals surface area contributed by atoms with E-state index in [0.717, 1.165) is 18.5 Å². The fourth-order valence-corrected chi connectivity index (χ4v) is 3.26. The Hall–Kier alpha value is -1.82. The number of hydrogen-bond donors (Lipinski definition) is 1. The number of halogens is 1. The van der Waals surface area contributed by atoms with Crippen LogP contribution in [0, 0.1) is 0 Å². The molecule has 1 N–H and O–H groups in total. The van der Waals surface area contributed by atoms with Gasteiger partial charge < -0.3 is 4.90 Å². The van der Waals surface area contributed by atoms with Crippen LogP contribution < -0.4 is 0 Å². The Labute approximate surface area is 140 Å². The molecule has 2 heterocycles. The molecule has 1 atom stereocenters. The zero-order valence-electron chi connectivity index (χ0n) is 13.5. The lowest BCUT2D eigenvalue weighted by Crippen LogP contribution is -2.33. The van der Waals surface area contributed by atoms with Gasteiger partial charge in [-0.3, -0.25) is 14.6 Å². The average molecular weight is 336 g/mol. The molecule has 0 unspecified atom stereocenters. The smallest absolute Gasteiger partial charge is 0.247 e. The first-order chi connectivity index (χ1) is 11.1. The highest BCUT2D eigenvalue weighted by molar-refractivity contribution is 6.30. The van der Waals surface area contributed by atoms with E-state index in [0.29, 0.717) is 11.6 Å². The van der Waals surface area contributed by atoms with Crippen LogP contribution in [0.3, 0.4) is 0 Å². The van der Waals surface area contributed by atoms with Crippen LogP contribution >= 0.6 is 11.6 Å². The van der Waals surface area contributed by atoms with Crippen LogP contribution in [-0.4, -0.2) is 37.8 Å². The van der Waals surface area contributed by atoms with Crippen molar-refractivity contribution in [3.63, 3.8) is 0 Å². The minimum Gasteiger partial charge on any atom is -0.338 e. The number of aromatic amines is 1. The van der Waals surface area contributed by atoms with E-state index in [9.17, 15) is 4.79 Å². The maximum Gasteiger partial charge on any atom is 0.247 e. The van der Waals surface area contributed by atoms with Gasteiger partial charge in [0.2, 0.25) is 5.91 Å². The van der Waals surface area contributed by atoms with Gasteiger partial charge in [0.15, 0.2) is 0 Å². The SMILES string of the molecule is C[C@@H](C(=O)N(C)Cc1n[nH]c2c1CCCCC2)n1cc(Cl)cn1. The fourth-order valence-electron chi connectivity index (χ4n) is 3.12. The second-order valence-corrected chi connectivity index (χ2v) is 6.63. The third-order valence-corrected chi connectivity index (χ3v) is 4.67. The zero-order valence-corrected chi connectivity index (χ0v) is 14.3. The number of aromatic nitrogens is 4. The maximum absolute atomic E-state index is 12.6. The van der Waals surface area contributed by atoms with Crippen molar-refractivity contribution in [3.05, 3.63) is 34.4 Å². The molecule has 23 heavy (non-hydrogen) atoms. The van der Waals surface area contributed by atoms with Gasteiger partial charge in [-0.05, 0) is 38.2 Å². The summed E-state index contributed by atoms with van der Waals surface area (Å²) >= 11 is 5.88. The largest absolute Gasteiger partial charge is 0.338 e. The van der Waals surface area contributed by atoms with Crippen LogP contribution in [-0.2, 0) is 24.2 Å². The van der Waals surface area contributed by atoms with E-state index in [-0.39, 0.29) is 11.9 Å². The van der Waals surface area contributed by atoms with E-state index in [1.54, 1.807) is 22.0 Å². The van der Waals surface area contributed by atoms with Gasteiger partial charge in [0.1, 0.15) is 6.04 Å². The number of amides is 1. The number of H-pyrrole nitrogens is 1. The summed E-state index contributed by atoms with van der Waals surface area (Å²) in [5.74, 6) is -0.00450. The van der Waals surface area contributed by atoms with Gasteiger partial charge in [-0.2, -0.15) is 10.2 Å². The lowest BCUT2D eigenvalue weighted by atomic mass is 10.1. The molecule has 0 saturated carbocycles. The van der Waals surface area contributed by atoms with Crippen molar-refractivity contribution in [1.29, 1.82) is 0 Å². The molecule has 0 aromatic carbocycles. The van der Waals surface area contributed by atoms with E-state index in [1.165, 1.54) is 30.5 Å². The lowest BCUT2D eigenvalue weighted by Gasteiger charge is -2.21. The minimum atomic E-state index is -0.384. The molecule has 2 aromatic heterocycles. The molecule has 3 rings (SSSR count). The normalized spacial score (nSPS) is 15.8. The number of fused-ring (bicyclic) bond motifs is 1. The molecule has 1 amide bonds. The van der Waals surface area contributed by atoms with Crippen molar-refractivity contribution in [2.75, 3.05) is 7.05 Å². The third-order valence-electron chi connectivity index (χ3n) is 4.48. The van der Waals surface area contributed by atoms with Gasteiger partial charge in [0.05, 0.1) is 23.5 Å². The predicted molar refractivity (Wildman–Crippen MR) is 88.3 cm³/mol. The van der Waals surface area contributed by atoms with Gasteiger partial charge in [-0.15, -0.1) is 0 Å². The minimum absolute atomic E-state index is 0.00450. The molecule has 0 radical (unpaired) electrons. The first kappa shape index (κ1) is 16.1. The summed E-state index contributed by atoms with van der Waals surface area (Å²) in [6, 6.07) is -0.384. The molecule has 1 aliphatic rings. The summed E-state index contributed by atoms with van der Waals surface area (Å²) in [4.78, 5) is 14.3. The van der Waals surface area contributed by atoms with Crippen molar-refractivity contribution in [1.82, 2.24) is 24.9 Å². The molecule has 0 aliphatic heterocycles. The van der Waals surface area contributed by atoms with Crippen molar-refractivity contribution in [2.45, 2.75) is 51.6 Å². The number of nitrogens with one attached hydrogen (secondary N) is 1. The van der Waals surface area contributed by atoms with Gasteiger partial charge in [0.25, 0.3) is 0 Å². The van der Waals surface area contributed by atoms with E-state index < -0.39 is 0 Å². The van der Waals surface area contributed by atoms with Gasteiger partial charge >= 0.3 is 0 Å². The average Bonchev–Trinajstić information content (AvgIpc) is 3.05. The zero-order chi connectivity index (χ0) is 16.4. The molecule has 2 aromatic rings. The van der Waals surface area contributed by atoms with Gasteiger partial charge in [-0.25, -0.2) is 0 Å². The number of carbonyl (C=O) groups excluding carboxylic acids is 1. The molecule has 0 saturated heterocycles. The maximum atomic E-state index is 12.6. The monoisotopic (exact) mass is 335 g/mol. The topological polar surface area (TPSA) is 66.8 Å². The summed E-state index contributed by atoms with van der Waals surface area (Å²) in [6.45, 7) is 2.34. The number of hydrogen-bond acceptors (Lipinski definition) is 3. The molecular formula is C16H22ClN5O. The van der Waals surface area contributed by atoms with E-state index in [1.807, 2.05) is 14.0 Å². The molecule has 0 bridgehead atoms. The Morgan fingerprint density at radius 2 is 2.22 bits per heavy atom. The molecule has 124 valence electrons. The van der Waals surface area contributed by atoms with Crippen molar-refractivity contribution >= 4 is 17.5 Å². The highest BCUT2D eigenvalue weighted by atomic mass is 35.5. The van der Waals surface area contributed by atoms with Crippen LogP contribution in [0.2, 0.25) is 5.02 Å². The molecule has 7 heteroatoms. The summed E-state index contributed by atoms with van der Waals surface area (Å²) in [6.07, 6.45) is 8.97. The van der Waals surface area contributed by atoms with E-state index in [4.69, 9.17) is 11.6 Å². The van der Waals surface area contributed by atoms with Crippen molar-refractivity contribution < 1.29 is 4.79 Å². The quantitative estimate of drug-likeness (QED) is 0.874. The van der Waals surface area contributed by atoms with Crippen molar-refractivity contribution in [2.24, 2.45) is 0 Å². The first-order valence-electron chi connectivity index (χ1n) is 8.06. The predicted octanol–water partition coefficient (Wildman–Crippen LogP) is 2.75. The molecule has 1 aliphatic carbocycles. The third kappa shape index (κ3) is 3.42. The number of likely N-dealkylation sites (N-methyl/N-ethyl adjacent to an activating group) is 1. The summed E-state index contributed by atoms with van der Waals surface area (Å²) < 4.78 is 1.59. The Kier molecular flexibility index (Phi) is 4.71. The van der Waals surface area contributed by atoms with Crippen LogP contribution in [0.25, 0.3) is 0 Å². The van der Waals surface area contributed by atoms with Gasteiger partial charge in [-0.1, -0.05) is 18.0 Å². The summed E-state index contributed by atoms with van der Waals surface area (Å²) in [5, 5.41) is 12.2. The van der Waals surface area contributed by atoms with E-state index in [2.05, 4.69) is 15.3 Å². The molecule has 0 fully saturated rings. The van der Waals surface area contributed by atoms with Crippen LogP contribution in [0.1, 0.15) is 49.2 Å². The lowest BCUT2D eigenvalue weighted by molar-refractivity contribution is -0.133. The summed E-state index contributed by atoms with van der Waals surface area (Å²) in [5.41, 5.74) is 3.53. The highest BCUT2D eigenvalue weighted by Gasteiger charge is 2.23. The van der Waals surface area contributed by atoms with Crippen LogP contribution in [0.5, 0.6) is 0 Å². The molecule has 6 nitrogen and oxygen atoms in total. The number of aryl methyl sites for hydroxylation is 1.